The molecule has 3 nitrogen and oxygen atoms in total. The maximum absolute atomic E-state index is 12.1. The molecule has 1 aromatic carbocycles. The second-order valence-electron chi connectivity index (χ2n) is 4.55. The number of thioether (sulfide) groups is 1. The zero-order valence-corrected chi connectivity index (χ0v) is 12.3. The van der Waals surface area contributed by atoms with Gasteiger partial charge in [0.2, 0.25) is 10.0 Å². The minimum atomic E-state index is -3.40. The molecule has 0 amide bonds. The van der Waals surface area contributed by atoms with E-state index in [-0.39, 0.29) is 4.75 Å². The number of nitrogens with one attached hydrogen (secondary N) is 1. The van der Waals surface area contributed by atoms with E-state index >= 15 is 0 Å². The van der Waals surface area contributed by atoms with Gasteiger partial charge in [-0.15, -0.1) is 0 Å². The van der Waals surface area contributed by atoms with E-state index in [1.165, 1.54) is 0 Å². The average Bonchev–Trinajstić information content (AvgIpc) is 2.27. The summed E-state index contributed by atoms with van der Waals surface area (Å²) in [6.07, 6.45) is 1.97. The first-order valence-electron chi connectivity index (χ1n) is 5.39. The van der Waals surface area contributed by atoms with Gasteiger partial charge in [0.15, 0.2) is 0 Å². The molecule has 0 aromatic heterocycles. The third-order valence-electron chi connectivity index (χ3n) is 2.62. The minimum Gasteiger partial charge on any atom is -0.210 e. The molecule has 0 heterocycles. The average molecular weight is 273 g/mol. The highest BCUT2D eigenvalue weighted by molar-refractivity contribution is 8.00. The molecular weight excluding hydrogens is 254 g/mol. The van der Waals surface area contributed by atoms with E-state index in [4.69, 9.17) is 0 Å². The number of rotatable bonds is 5. The van der Waals surface area contributed by atoms with Gasteiger partial charge in [-0.1, -0.05) is 18.2 Å². The Morgan fingerprint density at radius 2 is 1.88 bits per heavy atom. The molecule has 0 bridgehead atoms. The normalized spacial score (nSPS) is 12.7. The zero-order chi connectivity index (χ0) is 13.1. The van der Waals surface area contributed by atoms with Gasteiger partial charge < -0.3 is 0 Å². The van der Waals surface area contributed by atoms with Gasteiger partial charge in [0, 0.05) is 11.3 Å². The van der Waals surface area contributed by atoms with Crippen molar-refractivity contribution in [2.45, 2.75) is 30.4 Å². The van der Waals surface area contributed by atoms with Gasteiger partial charge in [0.25, 0.3) is 0 Å². The third-order valence-corrected chi connectivity index (χ3v) is 5.43. The number of hydrogen-bond acceptors (Lipinski definition) is 3. The molecule has 1 N–H and O–H groups in total. The first-order valence-corrected chi connectivity index (χ1v) is 8.10. The maximum Gasteiger partial charge on any atom is 0.240 e. The van der Waals surface area contributed by atoms with Gasteiger partial charge in [-0.25, -0.2) is 13.1 Å². The van der Waals surface area contributed by atoms with Crippen molar-refractivity contribution in [3.63, 3.8) is 0 Å². The van der Waals surface area contributed by atoms with Crippen LogP contribution in [0.2, 0.25) is 0 Å². The van der Waals surface area contributed by atoms with Crippen molar-refractivity contribution in [2.75, 3.05) is 12.8 Å². The Hall–Kier alpha value is -0.520. The van der Waals surface area contributed by atoms with Crippen molar-refractivity contribution in [3.8, 4) is 0 Å². The molecule has 0 spiro atoms. The summed E-state index contributed by atoms with van der Waals surface area (Å²) < 4.78 is 26.7. The first-order chi connectivity index (χ1) is 7.78. The van der Waals surface area contributed by atoms with E-state index in [0.717, 1.165) is 5.56 Å². The van der Waals surface area contributed by atoms with E-state index in [1.54, 1.807) is 36.9 Å². The van der Waals surface area contributed by atoms with Crippen molar-refractivity contribution in [3.05, 3.63) is 29.8 Å². The van der Waals surface area contributed by atoms with Gasteiger partial charge in [0.05, 0.1) is 4.90 Å². The van der Waals surface area contributed by atoms with Crippen LogP contribution in [0.4, 0.5) is 0 Å². The molecule has 0 saturated carbocycles. The summed E-state index contributed by atoms with van der Waals surface area (Å²) in [5.41, 5.74) is 0.766. The van der Waals surface area contributed by atoms with Crippen molar-refractivity contribution in [1.82, 2.24) is 4.72 Å². The lowest BCUT2D eigenvalue weighted by Gasteiger charge is -2.22. The van der Waals surface area contributed by atoms with E-state index < -0.39 is 10.0 Å². The van der Waals surface area contributed by atoms with Crippen LogP contribution >= 0.6 is 11.8 Å². The highest BCUT2D eigenvalue weighted by atomic mass is 32.2. The molecular formula is C12H19NO2S2. The minimum absolute atomic E-state index is 0.101. The van der Waals surface area contributed by atoms with Crippen LogP contribution in [-0.4, -0.2) is 26.0 Å². The summed E-state index contributed by atoms with van der Waals surface area (Å²) in [7, 11) is -3.40. The molecule has 1 rings (SSSR count). The summed E-state index contributed by atoms with van der Waals surface area (Å²) in [4.78, 5) is 0.358. The van der Waals surface area contributed by atoms with Crippen LogP contribution in [0.15, 0.2) is 29.2 Å². The van der Waals surface area contributed by atoms with Crippen LogP contribution in [0.1, 0.15) is 19.4 Å². The fourth-order valence-electron chi connectivity index (χ4n) is 1.28. The molecule has 17 heavy (non-hydrogen) atoms. The van der Waals surface area contributed by atoms with Crippen LogP contribution in [0.25, 0.3) is 0 Å². The lowest BCUT2D eigenvalue weighted by Crippen LogP contribution is -2.36. The van der Waals surface area contributed by atoms with Crippen molar-refractivity contribution in [1.29, 1.82) is 0 Å². The Labute approximate surface area is 108 Å². The Bertz CT molecular complexity index is 481. The summed E-state index contributed by atoms with van der Waals surface area (Å²) in [6.45, 7) is 6.25. The molecule has 96 valence electrons. The highest BCUT2D eigenvalue weighted by Gasteiger charge is 2.22. The van der Waals surface area contributed by atoms with E-state index in [1.807, 2.05) is 26.2 Å². The molecule has 0 unspecified atom stereocenters. The Balaban J connectivity index is 2.88. The summed E-state index contributed by atoms with van der Waals surface area (Å²) in [5.74, 6) is 0. The lowest BCUT2D eigenvalue weighted by atomic mass is 10.2. The van der Waals surface area contributed by atoms with Crippen molar-refractivity contribution < 1.29 is 8.42 Å². The Morgan fingerprint density at radius 3 is 2.41 bits per heavy atom. The Morgan fingerprint density at radius 1 is 1.29 bits per heavy atom. The molecule has 1 aromatic rings. The fourth-order valence-corrected chi connectivity index (χ4v) is 3.04. The maximum atomic E-state index is 12.1. The van der Waals surface area contributed by atoms with E-state index in [2.05, 4.69) is 4.72 Å². The second kappa shape index (κ2) is 5.42. The smallest absolute Gasteiger partial charge is 0.210 e. The number of sulfonamides is 1. The predicted molar refractivity (Wildman–Crippen MR) is 74.0 cm³/mol. The highest BCUT2D eigenvalue weighted by Crippen LogP contribution is 2.21. The van der Waals surface area contributed by atoms with Crippen LogP contribution in [-0.2, 0) is 10.0 Å². The second-order valence-corrected chi connectivity index (χ2v) is 7.80. The molecule has 5 heteroatoms. The number of hydrogen-bond donors (Lipinski definition) is 1. The quantitative estimate of drug-likeness (QED) is 0.896. The molecule has 0 aliphatic carbocycles. The van der Waals surface area contributed by atoms with Crippen LogP contribution in [0.3, 0.4) is 0 Å². The molecule has 0 atom stereocenters. The van der Waals surface area contributed by atoms with Crippen LogP contribution < -0.4 is 4.72 Å². The van der Waals surface area contributed by atoms with Gasteiger partial charge in [-0.05, 0) is 38.7 Å². The topological polar surface area (TPSA) is 46.2 Å². The SMILES string of the molecule is CSC(C)(C)CNS(=O)(=O)c1ccccc1C. The molecule has 0 aliphatic rings. The van der Waals surface area contributed by atoms with Crippen molar-refractivity contribution >= 4 is 21.8 Å². The van der Waals surface area contributed by atoms with Crippen LogP contribution in [0.5, 0.6) is 0 Å². The lowest BCUT2D eigenvalue weighted by molar-refractivity contribution is 0.570. The first kappa shape index (κ1) is 14.5. The third kappa shape index (κ3) is 4.01. The fraction of sp³-hybridized carbons (Fsp3) is 0.500. The van der Waals surface area contributed by atoms with Gasteiger partial charge in [0.1, 0.15) is 0 Å². The molecule has 0 radical (unpaired) electrons. The molecule has 0 fully saturated rings. The van der Waals surface area contributed by atoms with Gasteiger partial charge >= 0.3 is 0 Å². The van der Waals surface area contributed by atoms with E-state index in [0.29, 0.717) is 11.4 Å². The van der Waals surface area contributed by atoms with Crippen LogP contribution in [0, 0.1) is 6.92 Å². The molecule has 0 aliphatic heterocycles. The zero-order valence-electron chi connectivity index (χ0n) is 10.6. The number of benzene rings is 1. The van der Waals surface area contributed by atoms with Gasteiger partial charge in [-0.2, -0.15) is 11.8 Å². The molecule has 0 saturated heterocycles. The monoisotopic (exact) mass is 273 g/mol. The van der Waals surface area contributed by atoms with Gasteiger partial charge in [-0.3, -0.25) is 0 Å². The standard InChI is InChI=1S/C12H19NO2S2/c1-10-7-5-6-8-11(10)17(14,15)13-9-12(2,3)16-4/h5-8,13H,9H2,1-4H3. The van der Waals surface area contributed by atoms with E-state index in [9.17, 15) is 8.42 Å². The summed E-state index contributed by atoms with van der Waals surface area (Å²) in [6, 6.07) is 7.00. The Kier molecular flexibility index (Phi) is 4.63. The summed E-state index contributed by atoms with van der Waals surface area (Å²) >= 11 is 1.64. The predicted octanol–water partition coefficient (Wildman–Crippen LogP) is 2.41. The largest absolute Gasteiger partial charge is 0.240 e. The van der Waals surface area contributed by atoms with Crippen molar-refractivity contribution in [2.24, 2.45) is 0 Å². The summed E-state index contributed by atoms with van der Waals surface area (Å²) in [5, 5.41) is 0. The number of aryl methyl sites for hydroxylation is 1.